The first-order chi connectivity index (χ1) is 12.4. The third-order valence-electron chi connectivity index (χ3n) is 3.65. The molecule has 2 aromatic rings. The van der Waals surface area contributed by atoms with Gasteiger partial charge in [0.05, 0.1) is 0 Å². The summed E-state index contributed by atoms with van der Waals surface area (Å²) in [5.41, 5.74) is 1.12. The second kappa shape index (κ2) is 9.50. The van der Waals surface area contributed by atoms with E-state index in [1.54, 1.807) is 12.1 Å². The molecule has 7 heteroatoms. The Morgan fingerprint density at radius 1 is 1.04 bits per heavy atom. The Kier molecular flexibility index (Phi) is 7.08. The third kappa shape index (κ3) is 6.88. The highest BCUT2D eigenvalue weighted by Crippen LogP contribution is 2.13. The van der Waals surface area contributed by atoms with Gasteiger partial charge in [-0.1, -0.05) is 30.3 Å². The summed E-state index contributed by atoms with van der Waals surface area (Å²) in [7, 11) is 0. The number of carbonyl (C=O) groups is 2. The molecule has 1 atom stereocenters. The lowest BCUT2D eigenvalue weighted by molar-refractivity contribution is -0.137. The van der Waals surface area contributed by atoms with Crippen molar-refractivity contribution in [3.8, 4) is 0 Å². The van der Waals surface area contributed by atoms with E-state index in [1.807, 2.05) is 18.2 Å². The summed E-state index contributed by atoms with van der Waals surface area (Å²) in [6.07, 6.45) is -0.723. The number of hydrogen-bond donors (Lipinski definition) is 2. The number of amides is 1. The molecule has 0 spiro atoms. The van der Waals surface area contributed by atoms with E-state index in [-0.39, 0.29) is 25.9 Å². The lowest BCUT2D eigenvalue weighted by Crippen LogP contribution is -2.37. The minimum Gasteiger partial charge on any atom is -0.481 e. The van der Waals surface area contributed by atoms with Crippen LogP contribution in [0.3, 0.4) is 0 Å². The molecular formula is C19H19F2NO4. The van der Waals surface area contributed by atoms with Gasteiger partial charge >= 0.3 is 12.1 Å². The lowest BCUT2D eigenvalue weighted by atomic mass is 10.0. The van der Waals surface area contributed by atoms with Crippen molar-refractivity contribution in [1.29, 1.82) is 0 Å². The van der Waals surface area contributed by atoms with Gasteiger partial charge < -0.3 is 15.2 Å². The Labute approximate surface area is 149 Å². The van der Waals surface area contributed by atoms with Gasteiger partial charge in [-0.3, -0.25) is 4.79 Å². The van der Waals surface area contributed by atoms with E-state index in [2.05, 4.69) is 5.32 Å². The zero-order valence-corrected chi connectivity index (χ0v) is 14.0. The molecule has 0 saturated carbocycles. The van der Waals surface area contributed by atoms with Crippen LogP contribution in [-0.2, 0) is 22.6 Å². The highest BCUT2D eigenvalue weighted by atomic mass is 19.1. The highest BCUT2D eigenvalue weighted by molar-refractivity contribution is 5.68. The first-order valence-corrected chi connectivity index (χ1v) is 8.06. The molecule has 0 heterocycles. The van der Waals surface area contributed by atoms with E-state index in [9.17, 15) is 18.4 Å². The molecule has 2 rings (SSSR count). The van der Waals surface area contributed by atoms with Crippen molar-refractivity contribution in [3.05, 3.63) is 71.3 Å². The van der Waals surface area contributed by atoms with Crippen LogP contribution < -0.4 is 5.32 Å². The predicted molar refractivity (Wildman–Crippen MR) is 90.5 cm³/mol. The Balaban J connectivity index is 1.96. The van der Waals surface area contributed by atoms with E-state index >= 15 is 0 Å². The van der Waals surface area contributed by atoms with Crippen LogP contribution in [0.5, 0.6) is 0 Å². The van der Waals surface area contributed by atoms with Gasteiger partial charge in [0.25, 0.3) is 0 Å². The number of ether oxygens (including phenoxy) is 1. The average Bonchev–Trinajstić information content (AvgIpc) is 2.58. The fraction of sp³-hybridized carbons (Fsp3) is 0.263. The van der Waals surface area contributed by atoms with Gasteiger partial charge in [0, 0.05) is 18.5 Å². The average molecular weight is 363 g/mol. The number of carbonyl (C=O) groups excluding carboxylic acids is 1. The molecular weight excluding hydrogens is 344 g/mol. The molecule has 5 nitrogen and oxygen atoms in total. The standard InChI is InChI=1S/C19H19F2NO4/c20-15-8-14(9-16(21)11-15)10-17(6-7-18(23)24)22-19(25)26-12-13-4-2-1-3-5-13/h1-5,8-9,11,17H,6-7,10,12H2,(H,22,25)(H,23,24). The number of halogens is 2. The van der Waals surface area contributed by atoms with Gasteiger partial charge in [-0.2, -0.15) is 0 Å². The van der Waals surface area contributed by atoms with E-state index in [0.29, 0.717) is 5.56 Å². The minimum absolute atomic E-state index is 0.0624. The SMILES string of the molecule is O=C(O)CCC(Cc1cc(F)cc(F)c1)NC(=O)OCc1ccccc1. The first-order valence-electron chi connectivity index (χ1n) is 8.06. The molecule has 138 valence electrons. The lowest BCUT2D eigenvalue weighted by Gasteiger charge is -2.18. The van der Waals surface area contributed by atoms with E-state index < -0.39 is 29.7 Å². The molecule has 0 bridgehead atoms. The number of carboxylic acids is 1. The summed E-state index contributed by atoms with van der Waals surface area (Å²) >= 11 is 0. The smallest absolute Gasteiger partial charge is 0.407 e. The van der Waals surface area contributed by atoms with Crippen LogP contribution in [0.4, 0.5) is 13.6 Å². The van der Waals surface area contributed by atoms with E-state index in [1.165, 1.54) is 0 Å². The number of alkyl carbamates (subject to hydrolysis) is 1. The molecule has 1 unspecified atom stereocenters. The van der Waals surface area contributed by atoms with Crippen molar-refractivity contribution in [2.45, 2.75) is 31.9 Å². The monoisotopic (exact) mass is 363 g/mol. The van der Waals surface area contributed by atoms with Crippen molar-refractivity contribution >= 4 is 12.1 Å². The van der Waals surface area contributed by atoms with Gasteiger partial charge in [-0.05, 0) is 36.1 Å². The van der Waals surface area contributed by atoms with Crippen LogP contribution >= 0.6 is 0 Å². The quantitative estimate of drug-likeness (QED) is 0.750. The van der Waals surface area contributed by atoms with Gasteiger partial charge in [0.1, 0.15) is 18.2 Å². The molecule has 0 fully saturated rings. The number of aliphatic carboxylic acids is 1. The maximum absolute atomic E-state index is 13.3. The molecule has 0 aliphatic rings. The maximum atomic E-state index is 13.3. The largest absolute Gasteiger partial charge is 0.481 e. The molecule has 1 amide bonds. The van der Waals surface area contributed by atoms with E-state index in [4.69, 9.17) is 9.84 Å². The molecule has 2 aromatic carbocycles. The summed E-state index contributed by atoms with van der Waals surface area (Å²) in [5, 5.41) is 11.4. The molecule has 26 heavy (non-hydrogen) atoms. The minimum atomic E-state index is -1.03. The third-order valence-corrected chi connectivity index (χ3v) is 3.65. The van der Waals surface area contributed by atoms with Gasteiger partial charge in [0.2, 0.25) is 0 Å². The van der Waals surface area contributed by atoms with Crippen molar-refractivity contribution < 1.29 is 28.2 Å². The summed E-state index contributed by atoms with van der Waals surface area (Å²) < 4.78 is 31.7. The second-order valence-electron chi connectivity index (χ2n) is 5.82. The van der Waals surface area contributed by atoms with Crippen molar-refractivity contribution in [2.75, 3.05) is 0 Å². The first kappa shape index (κ1) is 19.4. The van der Waals surface area contributed by atoms with Gasteiger partial charge in [-0.25, -0.2) is 13.6 Å². The normalized spacial score (nSPS) is 11.6. The van der Waals surface area contributed by atoms with Crippen molar-refractivity contribution in [3.63, 3.8) is 0 Å². The van der Waals surface area contributed by atoms with Crippen LogP contribution in [-0.4, -0.2) is 23.2 Å². The number of nitrogens with one attached hydrogen (secondary N) is 1. The highest BCUT2D eigenvalue weighted by Gasteiger charge is 2.16. The zero-order chi connectivity index (χ0) is 18.9. The van der Waals surface area contributed by atoms with Crippen LogP contribution in [0.1, 0.15) is 24.0 Å². The van der Waals surface area contributed by atoms with Crippen LogP contribution in [0.2, 0.25) is 0 Å². The number of hydrogen-bond acceptors (Lipinski definition) is 3. The number of carboxylic acid groups (broad SMARTS) is 1. The summed E-state index contributed by atoms with van der Waals surface area (Å²) in [4.78, 5) is 22.8. The topological polar surface area (TPSA) is 75.6 Å². The fourth-order valence-corrected chi connectivity index (χ4v) is 2.47. The number of benzene rings is 2. The van der Waals surface area contributed by atoms with Crippen LogP contribution in [0.15, 0.2) is 48.5 Å². The van der Waals surface area contributed by atoms with Crippen molar-refractivity contribution in [1.82, 2.24) is 5.32 Å². The summed E-state index contributed by atoms with van der Waals surface area (Å²) in [6.45, 7) is 0.0624. The molecule has 0 saturated heterocycles. The Morgan fingerprint density at radius 3 is 2.31 bits per heavy atom. The molecule has 0 aromatic heterocycles. The van der Waals surface area contributed by atoms with Gasteiger partial charge in [0.15, 0.2) is 0 Å². The fourth-order valence-electron chi connectivity index (χ4n) is 2.47. The summed E-state index contributed by atoms with van der Waals surface area (Å²) in [5.74, 6) is -2.49. The van der Waals surface area contributed by atoms with Crippen LogP contribution in [0, 0.1) is 11.6 Å². The Hall–Kier alpha value is -2.96. The predicted octanol–water partition coefficient (Wildman–Crippen LogP) is 3.67. The molecule has 0 radical (unpaired) electrons. The Morgan fingerprint density at radius 2 is 1.69 bits per heavy atom. The number of rotatable bonds is 8. The van der Waals surface area contributed by atoms with Crippen LogP contribution in [0.25, 0.3) is 0 Å². The molecule has 2 N–H and O–H groups in total. The van der Waals surface area contributed by atoms with E-state index in [0.717, 1.165) is 23.8 Å². The van der Waals surface area contributed by atoms with Gasteiger partial charge in [-0.15, -0.1) is 0 Å². The zero-order valence-electron chi connectivity index (χ0n) is 14.0. The van der Waals surface area contributed by atoms with Crippen molar-refractivity contribution in [2.24, 2.45) is 0 Å². The molecule has 0 aliphatic carbocycles. The second-order valence-corrected chi connectivity index (χ2v) is 5.82. The maximum Gasteiger partial charge on any atom is 0.407 e. The summed E-state index contributed by atoms with van der Waals surface area (Å²) in [6, 6.07) is 11.5. The Bertz CT molecular complexity index is 732. The molecule has 0 aliphatic heterocycles.